The maximum Gasteiger partial charge on any atom is 0.266 e. The van der Waals surface area contributed by atoms with Gasteiger partial charge in [-0.3, -0.25) is 14.6 Å². The van der Waals surface area contributed by atoms with Gasteiger partial charge in [0.05, 0.1) is 18.5 Å². The van der Waals surface area contributed by atoms with Crippen molar-refractivity contribution in [1.29, 1.82) is 0 Å². The van der Waals surface area contributed by atoms with Gasteiger partial charge in [0.1, 0.15) is 5.82 Å². The van der Waals surface area contributed by atoms with Crippen molar-refractivity contribution in [2.75, 3.05) is 25.5 Å². The quantitative estimate of drug-likeness (QED) is 0.451. The minimum atomic E-state index is -0.632. The first-order chi connectivity index (χ1) is 14.6. The number of fused-ring (bicyclic) bond motifs is 1. The number of aliphatic imine (C=N–C) groups is 1. The summed E-state index contributed by atoms with van der Waals surface area (Å²) in [7, 11) is 4.03. The van der Waals surface area contributed by atoms with E-state index in [4.69, 9.17) is 0 Å². The fraction of sp³-hybridized carbons (Fsp3) is 0.217. The van der Waals surface area contributed by atoms with Crippen LogP contribution in [0.5, 0.6) is 0 Å². The molecule has 1 aromatic carbocycles. The standard InChI is InChI=1S/C23H22N4O2S/c1-26(2)19(20-10-7-13-30-20)15-24-14-18-16-8-3-4-9-17(16)22(28)27(23(18)29)21-11-5-6-12-25-21/h3-14,18-19H,15H2,1-2H3/t18?,19-/m0/s1. The van der Waals surface area contributed by atoms with Crippen LogP contribution in [0.15, 0.2) is 71.2 Å². The highest BCUT2D eigenvalue weighted by molar-refractivity contribution is 7.10. The third kappa shape index (κ3) is 3.81. The molecule has 0 radical (unpaired) electrons. The molecule has 0 saturated carbocycles. The fourth-order valence-electron chi connectivity index (χ4n) is 3.56. The van der Waals surface area contributed by atoms with Crippen LogP contribution in [0.1, 0.15) is 32.8 Å². The molecule has 4 rings (SSSR count). The maximum absolute atomic E-state index is 13.3. The number of thiophene rings is 1. The van der Waals surface area contributed by atoms with Crippen LogP contribution in [0.3, 0.4) is 0 Å². The van der Waals surface area contributed by atoms with Crippen molar-refractivity contribution in [3.05, 3.63) is 82.2 Å². The van der Waals surface area contributed by atoms with Crippen molar-refractivity contribution in [3.8, 4) is 0 Å². The number of anilines is 1. The van der Waals surface area contributed by atoms with Gasteiger partial charge >= 0.3 is 0 Å². The molecule has 1 unspecified atom stereocenters. The summed E-state index contributed by atoms with van der Waals surface area (Å²) < 4.78 is 0. The number of aromatic nitrogens is 1. The van der Waals surface area contributed by atoms with Gasteiger partial charge in [0, 0.05) is 22.9 Å². The number of carbonyl (C=O) groups excluding carboxylic acids is 2. The Kier molecular flexibility index (Phi) is 5.83. The van der Waals surface area contributed by atoms with Crippen molar-refractivity contribution in [2.24, 2.45) is 4.99 Å². The number of benzene rings is 1. The molecule has 152 valence electrons. The van der Waals surface area contributed by atoms with Crippen molar-refractivity contribution in [2.45, 2.75) is 12.0 Å². The minimum Gasteiger partial charge on any atom is -0.300 e. The number of amides is 2. The lowest BCUT2D eigenvalue weighted by molar-refractivity contribution is -0.118. The lowest BCUT2D eigenvalue weighted by Crippen LogP contribution is -2.46. The summed E-state index contributed by atoms with van der Waals surface area (Å²) in [4.78, 5) is 39.7. The van der Waals surface area contributed by atoms with Crippen LogP contribution in [0, 0.1) is 0 Å². The van der Waals surface area contributed by atoms with Gasteiger partial charge < -0.3 is 4.90 Å². The Labute approximate surface area is 179 Å². The molecular formula is C23H22N4O2S. The van der Waals surface area contributed by atoms with E-state index in [2.05, 4.69) is 20.9 Å². The predicted octanol–water partition coefficient (Wildman–Crippen LogP) is 3.79. The van der Waals surface area contributed by atoms with Gasteiger partial charge in [-0.25, -0.2) is 9.88 Å². The van der Waals surface area contributed by atoms with Gasteiger partial charge in [0.25, 0.3) is 5.91 Å². The van der Waals surface area contributed by atoms with Crippen molar-refractivity contribution in [3.63, 3.8) is 0 Å². The van der Waals surface area contributed by atoms with Crippen molar-refractivity contribution >= 4 is 35.2 Å². The topological polar surface area (TPSA) is 65.9 Å². The van der Waals surface area contributed by atoms with Crippen LogP contribution in [-0.2, 0) is 4.79 Å². The fourth-order valence-corrected chi connectivity index (χ4v) is 4.47. The smallest absolute Gasteiger partial charge is 0.266 e. The molecule has 3 heterocycles. The molecule has 7 heteroatoms. The van der Waals surface area contributed by atoms with E-state index in [0.29, 0.717) is 23.5 Å². The Balaban J connectivity index is 1.66. The van der Waals surface area contributed by atoms with Crippen LogP contribution < -0.4 is 4.90 Å². The highest BCUT2D eigenvalue weighted by Gasteiger charge is 2.39. The van der Waals surface area contributed by atoms with E-state index >= 15 is 0 Å². The van der Waals surface area contributed by atoms with E-state index in [-0.39, 0.29) is 17.9 Å². The van der Waals surface area contributed by atoms with Crippen LogP contribution in [-0.4, -0.2) is 48.6 Å². The summed E-state index contributed by atoms with van der Waals surface area (Å²) >= 11 is 1.69. The van der Waals surface area contributed by atoms with Gasteiger partial charge in [-0.05, 0) is 49.3 Å². The van der Waals surface area contributed by atoms with Crippen molar-refractivity contribution in [1.82, 2.24) is 9.88 Å². The van der Waals surface area contributed by atoms with Crippen LogP contribution in [0.4, 0.5) is 5.82 Å². The lowest BCUT2D eigenvalue weighted by atomic mass is 9.89. The molecule has 0 aliphatic carbocycles. The Hall–Kier alpha value is -3.16. The number of nitrogens with zero attached hydrogens (tertiary/aromatic N) is 4. The molecule has 2 amide bonds. The predicted molar refractivity (Wildman–Crippen MR) is 119 cm³/mol. The summed E-state index contributed by atoms with van der Waals surface area (Å²) in [6.45, 7) is 0.525. The molecule has 0 saturated heterocycles. The van der Waals surface area contributed by atoms with E-state index in [1.807, 2.05) is 37.7 Å². The number of likely N-dealkylation sites (N-methyl/N-ethyl adjacent to an activating group) is 1. The first-order valence-electron chi connectivity index (χ1n) is 9.66. The third-order valence-electron chi connectivity index (χ3n) is 5.12. The van der Waals surface area contributed by atoms with E-state index in [9.17, 15) is 9.59 Å². The first kappa shape index (κ1) is 20.1. The summed E-state index contributed by atoms with van der Waals surface area (Å²) in [5, 5.41) is 2.05. The monoisotopic (exact) mass is 418 g/mol. The number of rotatable bonds is 6. The molecule has 0 N–H and O–H groups in total. The number of pyridine rings is 1. The number of carbonyl (C=O) groups is 2. The molecule has 1 aliphatic heterocycles. The van der Waals surface area contributed by atoms with Crippen LogP contribution in [0.25, 0.3) is 0 Å². The maximum atomic E-state index is 13.3. The normalized spacial score (nSPS) is 17.6. The van der Waals surface area contributed by atoms with Gasteiger partial charge in [0.2, 0.25) is 5.91 Å². The van der Waals surface area contributed by atoms with Gasteiger partial charge in [0.15, 0.2) is 0 Å². The molecule has 0 fully saturated rings. The molecule has 0 bridgehead atoms. The van der Waals surface area contributed by atoms with E-state index in [0.717, 1.165) is 4.90 Å². The highest BCUT2D eigenvalue weighted by Crippen LogP contribution is 2.31. The minimum absolute atomic E-state index is 0.128. The number of hydrogen-bond acceptors (Lipinski definition) is 6. The SMILES string of the molecule is CN(C)[C@@H](CN=CC1C(=O)N(c2ccccn2)C(=O)c2ccccc21)c1cccs1. The molecule has 3 aromatic rings. The summed E-state index contributed by atoms with van der Waals surface area (Å²) in [6, 6.07) is 16.6. The van der Waals surface area contributed by atoms with Gasteiger partial charge in [-0.15, -0.1) is 11.3 Å². The Bertz CT molecular complexity index is 1060. The molecule has 1 aliphatic rings. The summed E-state index contributed by atoms with van der Waals surface area (Å²) in [6.07, 6.45) is 3.25. The zero-order valence-corrected chi connectivity index (χ0v) is 17.6. The first-order valence-corrected chi connectivity index (χ1v) is 10.5. The highest BCUT2D eigenvalue weighted by atomic mass is 32.1. The lowest BCUT2D eigenvalue weighted by Gasteiger charge is -2.30. The average Bonchev–Trinajstić information content (AvgIpc) is 3.28. The van der Waals surface area contributed by atoms with Crippen LogP contribution in [0.2, 0.25) is 0 Å². The second kappa shape index (κ2) is 8.69. The molecule has 2 atom stereocenters. The molecular weight excluding hydrogens is 396 g/mol. The second-order valence-corrected chi connectivity index (χ2v) is 8.22. The average molecular weight is 419 g/mol. The zero-order chi connectivity index (χ0) is 21.1. The molecule has 2 aromatic heterocycles. The third-order valence-corrected chi connectivity index (χ3v) is 6.10. The van der Waals surface area contributed by atoms with Gasteiger partial charge in [-0.1, -0.05) is 30.3 Å². The zero-order valence-electron chi connectivity index (χ0n) is 16.8. The largest absolute Gasteiger partial charge is 0.300 e. The molecule has 0 spiro atoms. The van der Waals surface area contributed by atoms with Gasteiger partial charge in [-0.2, -0.15) is 0 Å². The van der Waals surface area contributed by atoms with E-state index in [1.54, 1.807) is 54.1 Å². The Morgan fingerprint density at radius 2 is 1.93 bits per heavy atom. The second-order valence-electron chi connectivity index (χ2n) is 7.24. The Morgan fingerprint density at radius 1 is 1.13 bits per heavy atom. The number of imide groups is 1. The molecule has 30 heavy (non-hydrogen) atoms. The summed E-state index contributed by atoms with van der Waals surface area (Å²) in [5.74, 6) is -1.00. The summed E-state index contributed by atoms with van der Waals surface area (Å²) in [5.41, 5.74) is 1.18. The van der Waals surface area contributed by atoms with E-state index in [1.165, 1.54) is 4.88 Å². The van der Waals surface area contributed by atoms with E-state index < -0.39 is 5.92 Å². The van der Waals surface area contributed by atoms with Crippen LogP contribution >= 0.6 is 11.3 Å². The number of hydrogen-bond donors (Lipinski definition) is 0. The van der Waals surface area contributed by atoms with Crippen molar-refractivity contribution < 1.29 is 9.59 Å². The molecule has 6 nitrogen and oxygen atoms in total. The Morgan fingerprint density at radius 3 is 2.63 bits per heavy atom.